The van der Waals surface area contributed by atoms with Crippen molar-refractivity contribution in [3.8, 4) is 11.5 Å². The summed E-state index contributed by atoms with van der Waals surface area (Å²) in [5, 5.41) is 11.9. The lowest BCUT2D eigenvalue weighted by Crippen LogP contribution is -2.61. The number of ether oxygens (including phenoxy) is 5. The van der Waals surface area contributed by atoms with E-state index in [4.69, 9.17) is 28.7 Å². The molecule has 4 aliphatic rings. The molecule has 1 aromatic rings. The molecular formula is C28H41NO6. The fourth-order valence-corrected chi connectivity index (χ4v) is 6.84. The minimum Gasteiger partial charge on any atom is -0.487 e. The highest BCUT2D eigenvalue weighted by Gasteiger charge is 2.57. The Morgan fingerprint density at radius 2 is 1.49 bits per heavy atom. The van der Waals surface area contributed by atoms with Crippen LogP contribution in [0.25, 0.3) is 0 Å². The zero-order valence-corrected chi connectivity index (χ0v) is 21.1. The van der Waals surface area contributed by atoms with Crippen LogP contribution in [0.5, 0.6) is 11.5 Å². The van der Waals surface area contributed by atoms with Gasteiger partial charge in [0.1, 0.15) is 13.2 Å². The number of rotatable bonds is 1. The van der Waals surface area contributed by atoms with Gasteiger partial charge in [-0.15, -0.1) is 0 Å². The summed E-state index contributed by atoms with van der Waals surface area (Å²) in [6.07, 6.45) is 7.83. The van der Waals surface area contributed by atoms with Crippen LogP contribution in [0.4, 0.5) is 5.69 Å². The predicted molar refractivity (Wildman–Crippen MR) is 134 cm³/mol. The number of aliphatic imine (C=N–C) groups is 1. The molecule has 0 spiro atoms. The van der Waals surface area contributed by atoms with E-state index < -0.39 is 5.60 Å². The summed E-state index contributed by atoms with van der Waals surface area (Å²) < 4.78 is 28.7. The van der Waals surface area contributed by atoms with E-state index in [1.807, 2.05) is 18.2 Å². The smallest absolute Gasteiger partial charge is 0.163 e. The molecule has 5 atom stereocenters. The van der Waals surface area contributed by atoms with Gasteiger partial charge in [0.25, 0.3) is 0 Å². The number of hydrogen-bond donors (Lipinski definition) is 1. The standard InChI is InChI=1S/C28H41NO6/c1-20-22-5-4-7-24(28(30)10-3-2-6-23(20)28)27(22)29-21-8-9-25-26(19-21)35-18-16-33-14-12-31-11-13-32-15-17-34-25/h8-9,19-20,22-24,30H,2-7,10-18H2,1H3. The normalized spacial score (nSPS) is 36.0. The first-order valence-electron chi connectivity index (χ1n) is 13.6. The van der Waals surface area contributed by atoms with Crippen LogP contribution >= 0.6 is 0 Å². The van der Waals surface area contributed by atoms with E-state index in [2.05, 4.69) is 6.92 Å². The summed E-state index contributed by atoms with van der Waals surface area (Å²) in [6.45, 7) is 6.36. The Morgan fingerprint density at radius 1 is 0.800 bits per heavy atom. The van der Waals surface area contributed by atoms with Gasteiger partial charge in [-0.2, -0.15) is 0 Å². The van der Waals surface area contributed by atoms with Crippen LogP contribution in [0.2, 0.25) is 0 Å². The molecule has 0 saturated heterocycles. The first kappa shape index (κ1) is 25.0. The second-order valence-electron chi connectivity index (χ2n) is 10.5. The van der Waals surface area contributed by atoms with Gasteiger partial charge in [-0.25, -0.2) is 0 Å². The van der Waals surface area contributed by atoms with Gasteiger partial charge in [-0.1, -0.05) is 26.2 Å². The van der Waals surface area contributed by atoms with Crippen molar-refractivity contribution in [3.05, 3.63) is 18.2 Å². The highest BCUT2D eigenvalue weighted by Crippen LogP contribution is 2.55. The van der Waals surface area contributed by atoms with Gasteiger partial charge in [0.15, 0.2) is 11.5 Å². The summed E-state index contributed by atoms with van der Waals surface area (Å²) in [7, 11) is 0. The Bertz CT molecular complexity index is 875. The monoisotopic (exact) mass is 487 g/mol. The van der Waals surface area contributed by atoms with Crippen LogP contribution in [0.3, 0.4) is 0 Å². The van der Waals surface area contributed by atoms with Crippen LogP contribution in [0, 0.1) is 23.7 Å². The minimum absolute atomic E-state index is 0.172. The maximum absolute atomic E-state index is 11.9. The van der Waals surface area contributed by atoms with E-state index in [0.29, 0.717) is 82.1 Å². The van der Waals surface area contributed by atoms with Gasteiger partial charge in [-0.3, -0.25) is 4.99 Å². The first-order valence-corrected chi connectivity index (χ1v) is 13.6. The third-order valence-corrected chi connectivity index (χ3v) is 8.50. The Kier molecular flexibility index (Phi) is 8.28. The summed E-state index contributed by atoms with van der Waals surface area (Å²) in [4.78, 5) is 5.22. The Balaban J connectivity index is 1.38. The highest BCUT2D eigenvalue weighted by molar-refractivity contribution is 5.94. The third kappa shape index (κ3) is 5.53. The summed E-state index contributed by atoms with van der Waals surface area (Å²) in [5.74, 6) is 2.86. The third-order valence-electron chi connectivity index (χ3n) is 8.50. The molecule has 1 aliphatic heterocycles. The predicted octanol–water partition coefficient (Wildman–Crippen LogP) is 4.57. The molecule has 5 unspecified atom stereocenters. The van der Waals surface area contributed by atoms with Gasteiger partial charge in [-0.05, 0) is 49.7 Å². The number of aliphatic hydroxyl groups is 1. The Morgan fingerprint density at radius 3 is 2.23 bits per heavy atom. The summed E-state index contributed by atoms with van der Waals surface area (Å²) in [6, 6.07) is 5.92. The fraction of sp³-hybridized carbons (Fsp3) is 0.750. The van der Waals surface area contributed by atoms with Crippen LogP contribution in [0.1, 0.15) is 51.9 Å². The molecule has 0 amide bonds. The van der Waals surface area contributed by atoms with Crippen molar-refractivity contribution in [2.45, 2.75) is 57.5 Å². The molecule has 2 bridgehead atoms. The molecule has 194 valence electrons. The van der Waals surface area contributed by atoms with Crippen LogP contribution in [-0.4, -0.2) is 69.3 Å². The molecular weight excluding hydrogens is 446 g/mol. The van der Waals surface area contributed by atoms with Gasteiger partial charge in [0, 0.05) is 23.6 Å². The SMILES string of the molecule is CC1C2CCCC(C2=Nc2ccc3c(c2)OCCOCCOCCOCCO3)C2(O)CCCCC12. The summed E-state index contributed by atoms with van der Waals surface area (Å²) >= 11 is 0. The van der Waals surface area contributed by atoms with Gasteiger partial charge in [0.2, 0.25) is 0 Å². The lowest BCUT2D eigenvalue weighted by Gasteiger charge is -2.57. The molecule has 5 rings (SSSR count). The average Bonchev–Trinajstić information content (AvgIpc) is 2.87. The molecule has 1 heterocycles. The second kappa shape index (κ2) is 11.6. The molecule has 7 nitrogen and oxygen atoms in total. The van der Waals surface area contributed by atoms with Crippen molar-refractivity contribution in [2.75, 3.05) is 52.9 Å². The van der Waals surface area contributed by atoms with Gasteiger partial charge >= 0.3 is 0 Å². The van der Waals surface area contributed by atoms with Crippen LogP contribution in [0.15, 0.2) is 23.2 Å². The molecule has 3 aliphatic carbocycles. The zero-order valence-electron chi connectivity index (χ0n) is 21.1. The van der Waals surface area contributed by atoms with E-state index in [1.54, 1.807) is 0 Å². The summed E-state index contributed by atoms with van der Waals surface area (Å²) in [5.41, 5.74) is 1.48. The topological polar surface area (TPSA) is 78.7 Å². The van der Waals surface area contributed by atoms with E-state index in [-0.39, 0.29) is 5.92 Å². The quantitative estimate of drug-likeness (QED) is 0.625. The van der Waals surface area contributed by atoms with Crippen molar-refractivity contribution in [2.24, 2.45) is 28.7 Å². The minimum atomic E-state index is -0.597. The molecule has 0 radical (unpaired) electrons. The highest BCUT2D eigenvalue weighted by atomic mass is 16.6. The van der Waals surface area contributed by atoms with E-state index in [0.717, 1.165) is 31.4 Å². The Labute approximate surface area is 209 Å². The lowest BCUT2D eigenvalue weighted by atomic mass is 9.51. The van der Waals surface area contributed by atoms with E-state index in [1.165, 1.54) is 25.0 Å². The zero-order chi connectivity index (χ0) is 24.1. The fourth-order valence-electron chi connectivity index (χ4n) is 6.84. The molecule has 3 fully saturated rings. The first-order chi connectivity index (χ1) is 17.2. The second-order valence-corrected chi connectivity index (χ2v) is 10.5. The van der Waals surface area contributed by atoms with E-state index in [9.17, 15) is 5.11 Å². The number of fused-ring (bicyclic) bond motifs is 5. The van der Waals surface area contributed by atoms with Crippen molar-refractivity contribution < 1.29 is 28.8 Å². The maximum atomic E-state index is 11.9. The van der Waals surface area contributed by atoms with Crippen LogP contribution < -0.4 is 9.47 Å². The molecule has 0 aromatic heterocycles. The van der Waals surface area contributed by atoms with E-state index >= 15 is 0 Å². The number of benzene rings is 1. The number of nitrogens with zero attached hydrogens (tertiary/aromatic N) is 1. The molecule has 35 heavy (non-hydrogen) atoms. The molecule has 1 N–H and O–H groups in total. The number of hydrogen-bond acceptors (Lipinski definition) is 7. The van der Waals surface area contributed by atoms with Crippen molar-refractivity contribution in [1.82, 2.24) is 0 Å². The molecule has 7 heteroatoms. The van der Waals surface area contributed by atoms with Crippen LogP contribution in [-0.2, 0) is 14.2 Å². The molecule has 1 aromatic carbocycles. The molecule has 3 saturated carbocycles. The van der Waals surface area contributed by atoms with Crippen molar-refractivity contribution in [1.29, 1.82) is 0 Å². The van der Waals surface area contributed by atoms with Gasteiger partial charge in [0.05, 0.1) is 50.9 Å². The maximum Gasteiger partial charge on any atom is 0.163 e. The largest absolute Gasteiger partial charge is 0.487 e. The van der Waals surface area contributed by atoms with Gasteiger partial charge < -0.3 is 28.8 Å². The van der Waals surface area contributed by atoms with Crippen molar-refractivity contribution in [3.63, 3.8) is 0 Å². The lowest BCUT2D eigenvalue weighted by molar-refractivity contribution is -0.122. The van der Waals surface area contributed by atoms with Crippen molar-refractivity contribution >= 4 is 11.4 Å². The Hall–Kier alpha value is -1.67. The average molecular weight is 488 g/mol.